The standard InChI is InChI=1S/C10H12ClNO.ClH/c11-10(12)9(13)7-6-8-4-2-1-3-5-8;/h1-5,10H,6-7,12H2;1H. The minimum absolute atomic E-state index is 0. The smallest absolute Gasteiger partial charge is 0.165 e. The molecule has 0 aliphatic carbocycles. The van der Waals surface area contributed by atoms with Gasteiger partial charge in [-0.3, -0.25) is 4.79 Å². The van der Waals surface area contributed by atoms with E-state index >= 15 is 0 Å². The number of carbonyl (C=O) groups is 1. The molecular formula is C10H13Cl2NO. The van der Waals surface area contributed by atoms with E-state index in [9.17, 15) is 4.79 Å². The number of hydrogen-bond acceptors (Lipinski definition) is 2. The van der Waals surface area contributed by atoms with Crippen molar-refractivity contribution in [1.82, 2.24) is 0 Å². The number of alkyl halides is 1. The molecule has 0 heterocycles. The topological polar surface area (TPSA) is 43.1 Å². The van der Waals surface area contributed by atoms with Crippen LogP contribution in [0.4, 0.5) is 0 Å². The van der Waals surface area contributed by atoms with Gasteiger partial charge in [-0.15, -0.1) is 12.4 Å². The summed E-state index contributed by atoms with van der Waals surface area (Å²) in [6.45, 7) is 0. The molecule has 0 aliphatic rings. The van der Waals surface area contributed by atoms with Crippen LogP contribution in [0.2, 0.25) is 0 Å². The van der Waals surface area contributed by atoms with Gasteiger partial charge in [-0.1, -0.05) is 41.9 Å². The van der Waals surface area contributed by atoms with Crippen LogP contribution in [0.25, 0.3) is 0 Å². The first kappa shape index (κ1) is 13.4. The molecule has 2 nitrogen and oxygen atoms in total. The van der Waals surface area contributed by atoms with Crippen molar-refractivity contribution in [2.75, 3.05) is 0 Å². The molecule has 0 radical (unpaired) electrons. The van der Waals surface area contributed by atoms with Crippen molar-refractivity contribution in [3.63, 3.8) is 0 Å². The van der Waals surface area contributed by atoms with Gasteiger partial charge in [0, 0.05) is 6.42 Å². The van der Waals surface area contributed by atoms with Gasteiger partial charge in [0.15, 0.2) is 5.78 Å². The Labute approximate surface area is 94.8 Å². The molecule has 0 aromatic heterocycles. The molecule has 1 atom stereocenters. The van der Waals surface area contributed by atoms with E-state index in [1.165, 1.54) is 0 Å². The molecule has 1 aromatic rings. The van der Waals surface area contributed by atoms with Crippen molar-refractivity contribution < 1.29 is 4.79 Å². The molecule has 1 rings (SSSR count). The second kappa shape index (κ2) is 6.82. The third kappa shape index (κ3) is 4.61. The number of hydrogen-bond donors (Lipinski definition) is 1. The first-order chi connectivity index (χ1) is 6.20. The van der Waals surface area contributed by atoms with Crippen LogP contribution in [0.3, 0.4) is 0 Å². The van der Waals surface area contributed by atoms with Gasteiger partial charge < -0.3 is 5.73 Å². The molecule has 1 aromatic carbocycles. The molecule has 78 valence electrons. The second-order valence-corrected chi connectivity index (χ2v) is 3.32. The maximum Gasteiger partial charge on any atom is 0.165 e. The van der Waals surface area contributed by atoms with Crippen molar-refractivity contribution in [3.8, 4) is 0 Å². The number of halogens is 2. The Balaban J connectivity index is 0.00000169. The monoisotopic (exact) mass is 233 g/mol. The summed E-state index contributed by atoms with van der Waals surface area (Å²) in [7, 11) is 0. The van der Waals surface area contributed by atoms with E-state index in [4.69, 9.17) is 17.3 Å². The second-order valence-electron chi connectivity index (χ2n) is 2.85. The number of carbonyl (C=O) groups excluding carboxylic acids is 1. The van der Waals surface area contributed by atoms with Crippen LogP contribution in [-0.4, -0.2) is 11.3 Å². The van der Waals surface area contributed by atoms with E-state index in [2.05, 4.69) is 0 Å². The summed E-state index contributed by atoms with van der Waals surface area (Å²) in [5.41, 5.74) is 5.49. The first-order valence-corrected chi connectivity index (χ1v) is 4.60. The van der Waals surface area contributed by atoms with E-state index in [1.807, 2.05) is 30.3 Å². The highest BCUT2D eigenvalue weighted by Crippen LogP contribution is 2.04. The van der Waals surface area contributed by atoms with Crippen molar-refractivity contribution in [3.05, 3.63) is 35.9 Å². The minimum atomic E-state index is -0.858. The highest BCUT2D eigenvalue weighted by Gasteiger charge is 2.08. The molecule has 0 amide bonds. The average molecular weight is 234 g/mol. The molecule has 14 heavy (non-hydrogen) atoms. The van der Waals surface area contributed by atoms with Crippen molar-refractivity contribution in [2.45, 2.75) is 18.3 Å². The first-order valence-electron chi connectivity index (χ1n) is 4.16. The number of benzene rings is 1. The van der Waals surface area contributed by atoms with E-state index < -0.39 is 5.50 Å². The third-order valence-corrected chi connectivity index (χ3v) is 2.05. The summed E-state index contributed by atoms with van der Waals surface area (Å²) in [5.74, 6) is -0.106. The van der Waals surface area contributed by atoms with Crippen LogP contribution in [0.5, 0.6) is 0 Å². The zero-order valence-electron chi connectivity index (χ0n) is 7.65. The third-order valence-electron chi connectivity index (χ3n) is 1.81. The van der Waals surface area contributed by atoms with E-state index in [0.29, 0.717) is 12.8 Å². The summed E-state index contributed by atoms with van der Waals surface area (Å²) in [6, 6.07) is 9.79. The summed E-state index contributed by atoms with van der Waals surface area (Å²) in [4.78, 5) is 11.1. The summed E-state index contributed by atoms with van der Waals surface area (Å²) in [5, 5.41) is 0. The molecule has 4 heteroatoms. The molecule has 0 spiro atoms. The van der Waals surface area contributed by atoms with Gasteiger partial charge in [0.25, 0.3) is 0 Å². The Morgan fingerprint density at radius 2 is 1.93 bits per heavy atom. The fourth-order valence-electron chi connectivity index (χ4n) is 1.05. The number of aryl methyl sites for hydroxylation is 1. The molecule has 0 saturated heterocycles. The van der Waals surface area contributed by atoms with Gasteiger partial charge in [-0.05, 0) is 12.0 Å². The number of Topliss-reactive ketones (excluding diaryl/α,β-unsaturated/α-hetero) is 1. The van der Waals surface area contributed by atoms with Crippen LogP contribution in [0.1, 0.15) is 12.0 Å². The number of ketones is 1. The van der Waals surface area contributed by atoms with Crippen molar-refractivity contribution in [2.24, 2.45) is 5.73 Å². The molecule has 0 fully saturated rings. The van der Waals surface area contributed by atoms with Crippen LogP contribution in [-0.2, 0) is 11.2 Å². The van der Waals surface area contributed by atoms with Gasteiger partial charge in [0.2, 0.25) is 0 Å². The molecule has 0 bridgehead atoms. The Kier molecular flexibility index (Phi) is 6.54. The molecule has 1 unspecified atom stereocenters. The maximum atomic E-state index is 11.1. The van der Waals surface area contributed by atoms with Gasteiger partial charge >= 0.3 is 0 Å². The van der Waals surface area contributed by atoms with Gasteiger partial charge in [0.05, 0.1) is 0 Å². The highest BCUT2D eigenvalue weighted by molar-refractivity contribution is 6.30. The van der Waals surface area contributed by atoms with Crippen LogP contribution in [0.15, 0.2) is 30.3 Å². The summed E-state index contributed by atoms with van der Waals surface area (Å²) < 4.78 is 0. The summed E-state index contributed by atoms with van der Waals surface area (Å²) >= 11 is 5.42. The Morgan fingerprint density at radius 1 is 1.36 bits per heavy atom. The van der Waals surface area contributed by atoms with Crippen LogP contribution in [0, 0.1) is 0 Å². The van der Waals surface area contributed by atoms with Crippen molar-refractivity contribution >= 4 is 29.8 Å². The fourth-order valence-corrected chi connectivity index (χ4v) is 1.16. The Hall–Kier alpha value is -0.570. The lowest BCUT2D eigenvalue weighted by Crippen LogP contribution is -2.24. The van der Waals surface area contributed by atoms with Gasteiger partial charge in [0.1, 0.15) is 5.50 Å². The fraction of sp³-hybridized carbons (Fsp3) is 0.300. The summed E-state index contributed by atoms with van der Waals surface area (Å²) in [6.07, 6.45) is 1.12. The zero-order chi connectivity index (χ0) is 9.68. The largest absolute Gasteiger partial charge is 0.309 e. The predicted octanol–water partition coefficient (Wildman–Crippen LogP) is 2.13. The normalized spacial score (nSPS) is 11.6. The predicted molar refractivity (Wildman–Crippen MR) is 60.8 cm³/mol. The molecule has 0 aliphatic heterocycles. The average Bonchev–Trinajstić information content (AvgIpc) is 2.15. The van der Waals surface area contributed by atoms with Crippen LogP contribution >= 0.6 is 24.0 Å². The molecular weight excluding hydrogens is 221 g/mol. The lowest BCUT2D eigenvalue weighted by Gasteiger charge is -2.02. The highest BCUT2D eigenvalue weighted by atomic mass is 35.5. The van der Waals surface area contributed by atoms with E-state index in [1.54, 1.807) is 0 Å². The number of rotatable bonds is 4. The van der Waals surface area contributed by atoms with E-state index in [-0.39, 0.29) is 18.2 Å². The molecule has 2 N–H and O–H groups in total. The Morgan fingerprint density at radius 3 is 2.43 bits per heavy atom. The van der Waals surface area contributed by atoms with Crippen molar-refractivity contribution in [1.29, 1.82) is 0 Å². The lowest BCUT2D eigenvalue weighted by atomic mass is 10.1. The zero-order valence-corrected chi connectivity index (χ0v) is 9.22. The lowest BCUT2D eigenvalue weighted by molar-refractivity contribution is -0.118. The molecule has 0 saturated carbocycles. The maximum absolute atomic E-state index is 11.1. The van der Waals surface area contributed by atoms with E-state index in [0.717, 1.165) is 5.56 Å². The van der Waals surface area contributed by atoms with Gasteiger partial charge in [-0.2, -0.15) is 0 Å². The van der Waals surface area contributed by atoms with Crippen LogP contribution < -0.4 is 5.73 Å². The quantitative estimate of drug-likeness (QED) is 0.640. The number of nitrogens with two attached hydrogens (primary N) is 1. The minimum Gasteiger partial charge on any atom is -0.309 e. The SMILES string of the molecule is Cl.NC(Cl)C(=O)CCc1ccccc1. The van der Waals surface area contributed by atoms with Gasteiger partial charge in [-0.25, -0.2) is 0 Å². The Bertz CT molecular complexity index is 275.